The molecule has 0 spiro atoms. The quantitative estimate of drug-likeness (QED) is 0.187. The summed E-state index contributed by atoms with van der Waals surface area (Å²) < 4.78 is 12.7. The Hall–Kier alpha value is -6.85. The van der Waals surface area contributed by atoms with Crippen molar-refractivity contribution in [3.8, 4) is 56.4 Å². The summed E-state index contributed by atoms with van der Waals surface area (Å²) in [6.45, 7) is 0. The lowest BCUT2D eigenvalue weighted by Gasteiger charge is -2.08. The lowest BCUT2D eigenvalue weighted by atomic mass is 10.0. The molecule has 0 aliphatic carbocycles. The fourth-order valence-corrected chi connectivity index (χ4v) is 6.80. The third kappa shape index (κ3) is 4.83. The van der Waals surface area contributed by atoms with Crippen molar-refractivity contribution in [3.63, 3.8) is 0 Å². The van der Waals surface area contributed by atoms with E-state index in [9.17, 15) is 0 Å². The summed E-state index contributed by atoms with van der Waals surface area (Å²) in [7, 11) is 0. The molecule has 0 radical (unpaired) electrons. The second-order valence-corrected chi connectivity index (χ2v) is 12.5. The fourth-order valence-electron chi connectivity index (χ4n) is 6.80. The van der Waals surface area contributed by atoms with Crippen molar-refractivity contribution >= 4 is 43.9 Å². The van der Waals surface area contributed by atoms with E-state index in [1.807, 2.05) is 91.0 Å². The second kappa shape index (κ2) is 11.4. The van der Waals surface area contributed by atoms with Gasteiger partial charge < -0.3 is 8.83 Å². The van der Waals surface area contributed by atoms with Crippen LogP contribution in [0.1, 0.15) is 0 Å². The Morgan fingerprint density at radius 2 is 0.640 bits per heavy atom. The first-order valence-corrected chi connectivity index (χ1v) is 16.6. The van der Waals surface area contributed by atoms with Gasteiger partial charge in [0.25, 0.3) is 0 Å². The molecule has 0 amide bonds. The van der Waals surface area contributed by atoms with E-state index < -0.39 is 0 Å². The van der Waals surface area contributed by atoms with E-state index >= 15 is 0 Å². The molecular weight excluding hydrogens is 615 g/mol. The zero-order valence-electron chi connectivity index (χ0n) is 26.7. The highest BCUT2D eigenvalue weighted by Gasteiger charge is 2.17. The topological polar surface area (TPSA) is 65.0 Å². The molecule has 50 heavy (non-hydrogen) atoms. The van der Waals surface area contributed by atoms with Crippen molar-refractivity contribution in [1.82, 2.24) is 15.0 Å². The average molecular weight is 642 g/mol. The van der Waals surface area contributed by atoms with Gasteiger partial charge in [-0.05, 0) is 82.9 Å². The maximum atomic E-state index is 6.33. The predicted octanol–water partition coefficient (Wildman–Crippen LogP) is 12.0. The number of aromatic nitrogens is 3. The molecule has 5 heteroatoms. The molecule has 0 fully saturated rings. The molecule has 0 aliphatic rings. The highest BCUT2D eigenvalue weighted by molar-refractivity contribution is 6.08. The van der Waals surface area contributed by atoms with E-state index in [4.69, 9.17) is 23.8 Å². The van der Waals surface area contributed by atoms with Crippen LogP contribution < -0.4 is 0 Å². The number of furan rings is 2. The van der Waals surface area contributed by atoms with E-state index in [1.165, 1.54) is 0 Å². The van der Waals surface area contributed by atoms with E-state index in [0.29, 0.717) is 17.5 Å². The van der Waals surface area contributed by atoms with Gasteiger partial charge >= 0.3 is 0 Å². The Morgan fingerprint density at radius 3 is 1.08 bits per heavy atom. The lowest BCUT2D eigenvalue weighted by Crippen LogP contribution is -2.00. The smallest absolute Gasteiger partial charge is 0.164 e. The minimum atomic E-state index is 0.593. The highest BCUT2D eigenvalue weighted by Crippen LogP contribution is 2.37. The molecule has 0 atom stereocenters. The molecule has 7 aromatic carbocycles. The van der Waals surface area contributed by atoms with Crippen molar-refractivity contribution < 1.29 is 8.83 Å². The van der Waals surface area contributed by atoms with E-state index in [2.05, 4.69) is 72.8 Å². The first-order valence-electron chi connectivity index (χ1n) is 16.6. The van der Waals surface area contributed by atoms with Crippen molar-refractivity contribution in [2.24, 2.45) is 0 Å². The molecule has 10 aromatic rings. The van der Waals surface area contributed by atoms with Crippen LogP contribution in [-0.4, -0.2) is 15.0 Å². The largest absolute Gasteiger partial charge is 0.456 e. The number of hydrogen-bond acceptors (Lipinski definition) is 5. The zero-order valence-corrected chi connectivity index (χ0v) is 26.7. The summed E-state index contributed by atoms with van der Waals surface area (Å²) >= 11 is 0. The van der Waals surface area contributed by atoms with E-state index in [0.717, 1.165) is 82.8 Å². The minimum Gasteiger partial charge on any atom is -0.456 e. The zero-order chi connectivity index (χ0) is 33.0. The van der Waals surface area contributed by atoms with Gasteiger partial charge in [0.1, 0.15) is 22.3 Å². The summed E-state index contributed by atoms with van der Waals surface area (Å²) in [5.74, 6) is 1.80. The van der Waals surface area contributed by atoms with Gasteiger partial charge in [0.15, 0.2) is 17.5 Å². The van der Waals surface area contributed by atoms with Crippen LogP contribution in [0.15, 0.2) is 173 Å². The monoisotopic (exact) mass is 641 g/mol. The maximum absolute atomic E-state index is 6.33. The molecule has 3 aromatic heterocycles. The Bertz CT molecular complexity index is 2680. The van der Waals surface area contributed by atoms with Crippen LogP contribution in [-0.2, 0) is 0 Å². The Labute approximate surface area is 287 Å². The number of fused-ring (bicyclic) bond motifs is 6. The third-order valence-electron chi connectivity index (χ3n) is 9.34. The molecule has 0 bridgehead atoms. The fraction of sp³-hybridized carbons (Fsp3) is 0. The number of nitrogens with zero attached hydrogens (tertiary/aromatic N) is 3. The van der Waals surface area contributed by atoms with Gasteiger partial charge in [-0.25, -0.2) is 15.0 Å². The van der Waals surface area contributed by atoms with Crippen molar-refractivity contribution in [2.45, 2.75) is 0 Å². The predicted molar refractivity (Wildman–Crippen MR) is 202 cm³/mol. The van der Waals surface area contributed by atoms with Gasteiger partial charge in [-0.2, -0.15) is 0 Å². The molecule has 5 nitrogen and oxygen atoms in total. The Morgan fingerprint density at radius 1 is 0.260 bits per heavy atom. The van der Waals surface area contributed by atoms with Crippen LogP contribution in [0.2, 0.25) is 0 Å². The van der Waals surface area contributed by atoms with Gasteiger partial charge in [-0.15, -0.1) is 0 Å². The minimum absolute atomic E-state index is 0.593. The highest BCUT2D eigenvalue weighted by atomic mass is 16.3. The van der Waals surface area contributed by atoms with E-state index in [1.54, 1.807) is 0 Å². The SMILES string of the molecule is c1ccc(-c2ccc3c(c2)oc2ccc(-c4nc(-c5ccccc5)nc(-c5ccc6oc7cc(-c8ccccc8)ccc7c6c5)n4)cc23)cc1. The van der Waals surface area contributed by atoms with Gasteiger partial charge in [-0.1, -0.05) is 103 Å². The van der Waals surface area contributed by atoms with Crippen molar-refractivity contribution in [3.05, 3.63) is 164 Å². The molecule has 0 N–H and O–H groups in total. The Balaban J connectivity index is 1.10. The summed E-state index contributed by atoms with van der Waals surface area (Å²) in [4.78, 5) is 15.1. The van der Waals surface area contributed by atoms with E-state index in [-0.39, 0.29) is 0 Å². The molecule has 3 heterocycles. The molecule has 0 saturated carbocycles. The molecule has 234 valence electrons. The van der Waals surface area contributed by atoms with Gasteiger partial charge in [0.2, 0.25) is 0 Å². The molecule has 10 rings (SSSR count). The summed E-state index contributed by atoms with van der Waals surface area (Å²) in [6.07, 6.45) is 0. The first-order chi connectivity index (χ1) is 24.7. The molecule has 0 aliphatic heterocycles. The van der Waals surface area contributed by atoms with Gasteiger partial charge in [-0.3, -0.25) is 0 Å². The summed E-state index contributed by atoms with van der Waals surface area (Å²) in [5.41, 5.74) is 10.6. The normalized spacial score (nSPS) is 11.6. The van der Waals surface area contributed by atoms with Crippen LogP contribution in [0.4, 0.5) is 0 Å². The van der Waals surface area contributed by atoms with Crippen molar-refractivity contribution in [1.29, 1.82) is 0 Å². The molecule has 0 unspecified atom stereocenters. The van der Waals surface area contributed by atoms with Crippen LogP contribution in [0.3, 0.4) is 0 Å². The van der Waals surface area contributed by atoms with Crippen molar-refractivity contribution in [2.75, 3.05) is 0 Å². The van der Waals surface area contributed by atoms with Gasteiger partial charge in [0.05, 0.1) is 0 Å². The first kappa shape index (κ1) is 28.2. The standard InChI is InChI=1S/C45H27N3O2/c1-4-10-28(11-5-1)31-16-20-35-37-24-33(18-22-39(37)49-41(35)26-31)44-46-43(30-14-8-3-9-15-30)47-45(48-44)34-19-23-40-38(25-34)36-21-17-32(27-42(36)50-40)29-12-6-2-7-13-29/h1-27H. The third-order valence-corrected chi connectivity index (χ3v) is 9.34. The Kier molecular flexibility index (Phi) is 6.42. The average Bonchev–Trinajstić information content (AvgIpc) is 3.75. The molecular formula is C45H27N3O2. The maximum Gasteiger partial charge on any atom is 0.164 e. The van der Waals surface area contributed by atoms with Crippen LogP contribution in [0.5, 0.6) is 0 Å². The lowest BCUT2D eigenvalue weighted by molar-refractivity contribution is 0.668. The second-order valence-electron chi connectivity index (χ2n) is 12.5. The van der Waals surface area contributed by atoms with Crippen LogP contribution in [0.25, 0.3) is 100 Å². The summed E-state index contributed by atoms with van der Waals surface area (Å²) in [5, 5.41) is 4.13. The van der Waals surface area contributed by atoms with Gasteiger partial charge in [0, 0.05) is 38.2 Å². The van der Waals surface area contributed by atoms with Crippen LogP contribution in [0, 0.1) is 0 Å². The summed E-state index contributed by atoms with van der Waals surface area (Å²) in [6, 6.07) is 55.8. The molecule has 0 saturated heterocycles. The number of benzene rings is 7. The van der Waals surface area contributed by atoms with Crippen LogP contribution >= 0.6 is 0 Å². The number of hydrogen-bond donors (Lipinski definition) is 0. The number of rotatable bonds is 5.